The number of hydrogen-bond acceptors (Lipinski definition) is 3. The van der Waals surface area contributed by atoms with E-state index in [1.807, 2.05) is 7.05 Å². The third-order valence-corrected chi connectivity index (χ3v) is 4.20. The summed E-state index contributed by atoms with van der Waals surface area (Å²) >= 11 is 0. The molecule has 0 amide bonds. The van der Waals surface area contributed by atoms with Crippen molar-refractivity contribution in [1.82, 2.24) is 10.2 Å². The number of hydrogen-bond donors (Lipinski definition) is 1. The Balaban J connectivity index is 1.91. The summed E-state index contributed by atoms with van der Waals surface area (Å²) in [5.41, 5.74) is 2.67. The maximum absolute atomic E-state index is 5.16. The van der Waals surface area contributed by atoms with Gasteiger partial charge in [0.05, 0.1) is 6.61 Å². The van der Waals surface area contributed by atoms with Crippen molar-refractivity contribution in [3.8, 4) is 0 Å². The molecule has 1 N–H and O–H groups in total. The lowest BCUT2D eigenvalue weighted by Gasteiger charge is -2.36. The van der Waals surface area contributed by atoms with Crippen molar-refractivity contribution in [3.63, 3.8) is 0 Å². The zero-order valence-corrected chi connectivity index (χ0v) is 12.9. The molecule has 0 aromatic heterocycles. The standard InChI is InChI=1S/C17H28N2O/c1-18-11-10-17-5-3-4-12-19(17)13-15-6-8-16(9-7-15)14-20-2/h6-9,17-18H,3-5,10-14H2,1-2H3. The summed E-state index contributed by atoms with van der Waals surface area (Å²) in [6, 6.07) is 9.61. The van der Waals surface area contributed by atoms with Crippen LogP contribution >= 0.6 is 0 Å². The van der Waals surface area contributed by atoms with Crippen molar-refractivity contribution in [2.75, 3.05) is 27.2 Å². The molecule has 3 nitrogen and oxygen atoms in total. The van der Waals surface area contributed by atoms with Gasteiger partial charge in [-0.15, -0.1) is 0 Å². The van der Waals surface area contributed by atoms with E-state index in [0.717, 1.165) is 19.1 Å². The van der Waals surface area contributed by atoms with Crippen molar-refractivity contribution >= 4 is 0 Å². The van der Waals surface area contributed by atoms with Crippen LogP contribution in [-0.4, -0.2) is 38.2 Å². The quantitative estimate of drug-likeness (QED) is 0.829. The lowest BCUT2D eigenvalue weighted by molar-refractivity contribution is 0.132. The van der Waals surface area contributed by atoms with Gasteiger partial charge in [0, 0.05) is 19.7 Å². The summed E-state index contributed by atoms with van der Waals surface area (Å²) in [5.74, 6) is 0. The van der Waals surface area contributed by atoms with Gasteiger partial charge in [-0.1, -0.05) is 30.7 Å². The first-order valence-corrected chi connectivity index (χ1v) is 7.79. The molecule has 1 aromatic rings. The molecule has 1 saturated heterocycles. The highest BCUT2D eigenvalue weighted by atomic mass is 16.5. The second-order valence-corrected chi connectivity index (χ2v) is 5.76. The Labute approximate surface area is 123 Å². The Morgan fingerprint density at radius 3 is 2.65 bits per heavy atom. The van der Waals surface area contributed by atoms with E-state index < -0.39 is 0 Å². The van der Waals surface area contributed by atoms with Gasteiger partial charge >= 0.3 is 0 Å². The summed E-state index contributed by atoms with van der Waals surface area (Å²) in [4.78, 5) is 2.66. The van der Waals surface area contributed by atoms with Gasteiger partial charge in [0.2, 0.25) is 0 Å². The average Bonchev–Trinajstić information content (AvgIpc) is 2.49. The second-order valence-electron chi connectivity index (χ2n) is 5.76. The van der Waals surface area contributed by atoms with Crippen molar-refractivity contribution in [1.29, 1.82) is 0 Å². The molecule has 0 bridgehead atoms. The molecule has 1 aliphatic rings. The van der Waals surface area contributed by atoms with E-state index in [9.17, 15) is 0 Å². The molecule has 1 heterocycles. The van der Waals surface area contributed by atoms with Gasteiger partial charge in [0.1, 0.15) is 0 Å². The van der Waals surface area contributed by atoms with Crippen LogP contribution in [-0.2, 0) is 17.9 Å². The minimum atomic E-state index is 0.703. The van der Waals surface area contributed by atoms with Crippen LogP contribution in [0, 0.1) is 0 Å². The minimum Gasteiger partial charge on any atom is -0.380 e. The third-order valence-electron chi connectivity index (χ3n) is 4.20. The molecule has 3 heteroatoms. The van der Waals surface area contributed by atoms with E-state index in [-0.39, 0.29) is 0 Å². The highest BCUT2D eigenvalue weighted by Crippen LogP contribution is 2.22. The number of nitrogens with zero attached hydrogens (tertiary/aromatic N) is 1. The van der Waals surface area contributed by atoms with Crippen LogP contribution in [0.2, 0.25) is 0 Å². The van der Waals surface area contributed by atoms with Crippen LogP contribution in [0.5, 0.6) is 0 Å². The van der Waals surface area contributed by atoms with Gasteiger partial charge in [0.15, 0.2) is 0 Å². The Morgan fingerprint density at radius 2 is 1.95 bits per heavy atom. The van der Waals surface area contributed by atoms with E-state index in [0.29, 0.717) is 6.61 Å². The Bertz CT molecular complexity index is 377. The van der Waals surface area contributed by atoms with Crippen molar-refractivity contribution in [2.24, 2.45) is 0 Å². The predicted octanol–water partition coefficient (Wildman–Crippen LogP) is 2.80. The van der Waals surface area contributed by atoms with Crippen LogP contribution in [0.3, 0.4) is 0 Å². The zero-order chi connectivity index (χ0) is 14.2. The molecular weight excluding hydrogens is 248 g/mol. The fourth-order valence-corrected chi connectivity index (χ4v) is 3.05. The highest BCUT2D eigenvalue weighted by molar-refractivity contribution is 5.22. The molecule has 1 fully saturated rings. The summed E-state index contributed by atoms with van der Waals surface area (Å²) < 4.78 is 5.16. The molecule has 0 spiro atoms. The number of likely N-dealkylation sites (tertiary alicyclic amines) is 1. The fraction of sp³-hybridized carbons (Fsp3) is 0.647. The van der Waals surface area contributed by atoms with Crippen LogP contribution in [0.15, 0.2) is 24.3 Å². The molecule has 2 rings (SSSR count). The normalized spacial score (nSPS) is 20.2. The van der Waals surface area contributed by atoms with Crippen LogP contribution < -0.4 is 5.32 Å². The molecule has 1 unspecified atom stereocenters. The van der Waals surface area contributed by atoms with Crippen LogP contribution in [0.4, 0.5) is 0 Å². The minimum absolute atomic E-state index is 0.703. The SMILES string of the molecule is CNCCC1CCCCN1Cc1ccc(COC)cc1. The average molecular weight is 276 g/mol. The van der Waals surface area contributed by atoms with E-state index >= 15 is 0 Å². The molecule has 0 radical (unpaired) electrons. The summed E-state index contributed by atoms with van der Waals surface area (Å²) in [6.07, 6.45) is 5.34. The van der Waals surface area contributed by atoms with Crippen LogP contribution in [0.25, 0.3) is 0 Å². The number of rotatable bonds is 7. The predicted molar refractivity (Wildman–Crippen MR) is 83.7 cm³/mol. The van der Waals surface area contributed by atoms with Gasteiger partial charge in [-0.05, 0) is 50.5 Å². The molecule has 1 aliphatic heterocycles. The zero-order valence-electron chi connectivity index (χ0n) is 12.9. The Morgan fingerprint density at radius 1 is 1.20 bits per heavy atom. The maximum atomic E-state index is 5.16. The molecule has 1 atom stereocenters. The van der Waals surface area contributed by atoms with Gasteiger partial charge in [-0.3, -0.25) is 4.90 Å². The maximum Gasteiger partial charge on any atom is 0.0713 e. The molecule has 0 aliphatic carbocycles. The third kappa shape index (κ3) is 4.58. The molecule has 1 aromatic carbocycles. The van der Waals surface area contributed by atoms with Gasteiger partial charge in [-0.25, -0.2) is 0 Å². The first-order valence-electron chi connectivity index (χ1n) is 7.79. The van der Waals surface area contributed by atoms with E-state index in [4.69, 9.17) is 4.74 Å². The van der Waals surface area contributed by atoms with Crippen LogP contribution in [0.1, 0.15) is 36.8 Å². The Kier molecular flexibility index (Phi) is 6.51. The summed E-state index contributed by atoms with van der Waals surface area (Å²) in [7, 11) is 3.79. The lowest BCUT2D eigenvalue weighted by atomic mass is 9.98. The lowest BCUT2D eigenvalue weighted by Crippen LogP contribution is -2.40. The van der Waals surface area contributed by atoms with E-state index in [1.165, 1.54) is 43.4 Å². The van der Waals surface area contributed by atoms with Crippen molar-refractivity contribution < 1.29 is 4.74 Å². The number of benzene rings is 1. The summed E-state index contributed by atoms with van der Waals surface area (Å²) in [6.45, 7) is 4.15. The topological polar surface area (TPSA) is 24.5 Å². The largest absolute Gasteiger partial charge is 0.380 e. The van der Waals surface area contributed by atoms with Crippen molar-refractivity contribution in [2.45, 2.75) is 44.9 Å². The second kappa shape index (κ2) is 8.40. The number of methoxy groups -OCH3 is 1. The molecule has 20 heavy (non-hydrogen) atoms. The Hall–Kier alpha value is -0.900. The number of ether oxygens (including phenoxy) is 1. The fourth-order valence-electron chi connectivity index (χ4n) is 3.05. The molecule has 112 valence electrons. The van der Waals surface area contributed by atoms with Gasteiger partial charge in [-0.2, -0.15) is 0 Å². The monoisotopic (exact) mass is 276 g/mol. The van der Waals surface area contributed by atoms with Crippen molar-refractivity contribution in [3.05, 3.63) is 35.4 Å². The smallest absolute Gasteiger partial charge is 0.0713 e. The molecule has 0 saturated carbocycles. The number of piperidine rings is 1. The van der Waals surface area contributed by atoms with Gasteiger partial charge < -0.3 is 10.1 Å². The first kappa shape index (κ1) is 15.5. The first-order chi connectivity index (χ1) is 9.83. The van der Waals surface area contributed by atoms with E-state index in [1.54, 1.807) is 7.11 Å². The number of nitrogens with one attached hydrogen (secondary N) is 1. The highest BCUT2D eigenvalue weighted by Gasteiger charge is 2.21. The molecular formula is C17H28N2O. The summed E-state index contributed by atoms with van der Waals surface area (Å²) in [5, 5.41) is 3.28. The van der Waals surface area contributed by atoms with Gasteiger partial charge in [0.25, 0.3) is 0 Å². The van der Waals surface area contributed by atoms with E-state index in [2.05, 4.69) is 34.5 Å².